The van der Waals surface area contributed by atoms with E-state index in [1.54, 1.807) is 0 Å². The number of hydrogen-bond acceptors (Lipinski definition) is 3. The molecule has 0 bridgehead atoms. The van der Waals surface area contributed by atoms with Crippen LogP contribution < -0.4 is 5.32 Å². The number of carbonyl (C=O) groups excluding carboxylic acids is 1. The molecule has 146 valence electrons. The first kappa shape index (κ1) is 19.9. The number of hydrogen-bond donors (Lipinski definition) is 2. The van der Waals surface area contributed by atoms with Crippen molar-refractivity contribution >= 4 is 18.3 Å². The van der Waals surface area contributed by atoms with Gasteiger partial charge in [-0.3, -0.25) is 9.89 Å². The van der Waals surface area contributed by atoms with E-state index in [1.807, 2.05) is 0 Å². The number of likely N-dealkylation sites (tertiary alicyclic amines) is 1. The molecule has 4 rings (SSSR count). The smallest absolute Gasteiger partial charge is 0.274 e. The molecule has 0 radical (unpaired) electrons. The van der Waals surface area contributed by atoms with Crippen molar-refractivity contribution in [2.45, 2.75) is 57.5 Å². The molecule has 2 aromatic rings. The summed E-state index contributed by atoms with van der Waals surface area (Å²) >= 11 is 0. The first-order chi connectivity index (χ1) is 12.8. The zero-order chi connectivity index (χ0) is 17.8. The first-order valence-corrected chi connectivity index (χ1v) is 9.94. The fraction of sp³-hybridized carbons (Fsp3) is 0.524. The Morgan fingerprint density at radius 2 is 2.07 bits per heavy atom. The molecule has 1 unspecified atom stereocenters. The number of nitrogens with one attached hydrogen (secondary N) is 2. The summed E-state index contributed by atoms with van der Waals surface area (Å²) in [5, 5.41) is 10.8. The van der Waals surface area contributed by atoms with Crippen molar-refractivity contribution in [1.29, 1.82) is 0 Å². The Bertz CT molecular complexity index is 746. The SMILES string of the molecule is Cl.O=C(c1n[nH]c2c1CNCC2)N1CCCCC1CCCc1ccccc1. The van der Waals surface area contributed by atoms with Gasteiger partial charge in [-0.1, -0.05) is 30.3 Å². The predicted octanol–water partition coefficient (Wildman–Crippen LogP) is 3.49. The zero-order valence-electron chi connectivity index (χ0n) is 15.7. The highest BCUT2D eigenvalue weighted by molar-refractivity contribution is 5.94. The molecular formula is C21H29ClN4O. The van der Waals surface area contributed by atoms with Crippen LogP contribution in [0, 0.1) is 0 Å². The van der Waals surface area contributed by atoms with Gasteiger partial charge in [-0.05, 0) is 44.1 Å². The third kappa shape index (κ3) is 4.53. The molecule has 27 heavy (non-hydrogen) atoms. The highest BCUT2D eigenvalue weighted by atomic mass is 35.5. The Kier molecular flexibility index (Phi) is 6.91. The third-order valence-corrected chi connectivity index (χ3v) is 5.74. The largest absolute Gasteiger partial charge is 0.334 e. The van der Waals surface area contributed by atoms with Crippen molar-refractivity contribution in [3.05, 3.63) is 52.8 Å². The molecule has 1 fully saturated rings. The average Bonchev–Trinajstić information content (AvgIpc) is 3.13. The van der Waals surface area contributed by atoms with Gasteiger partial charge in [0.2, 0.25) is 0 Å². The van der Waals surface area contributed by atoms with Crippen LogP contribution in [-0.4, -0.2) is 40.1 Å². The number of halogens is 1. The molecule has 2 aliphatic rings. The summed E-state index contributed by atoms with van der Waals surface area (Å²) in [4.78, 5) is 15.3. The summed E-state index contributed by atoms with van der Waals surface area (Å²) in [6.45, 7) is 2.57. The second kappa shape index (κ2) is 9.38. The fourth-order valence-corrected chi connectivity index (χ4v) is 4.29. The molecule has 1 aromatic carbocycles. The normalized spacial score (nSPS) is 19.3. The van der Waals surface area contributed by atoms with Crippen LogP contribution in [0.5, 0.6) is 0 Å². The number of aryl methyl sites for hydroxylation is 1. The lowest BCUT2D eigenvalue weighted by molar-refractivity contribution is 0.0591. The number of H-pyrrole nitrogens is 1. The lowest BCUT2D eigenvalue weighted by Gasteiger charge is -2.36. The number of aromatic nitrogens is 2. The summed E-state index contributed by atoms with van der Waals surface area (Å²) < 4.78 is 0. The Morgan fingerprint density at radius 3 is 2.93 bits per heavy atom. The van der Waals surface area contributed by atoms with Gasteiger partial charge in [0.1, 0.15) is 0 Å². The van der Waals surface area contributed by atoms with Gasteiger partial charge in [-0.2, -0.15) is 5.10 Å². The molecule has 0 aliphatic carbocycles. The van der Waals surface area contributed by atoms with E-state index in [-0.39, 0.29) is 18.3 Å². The number of aromatic amines is 1. The molecule has 5 nitrogen and oxygen atoms in total. The van der Waals surface area contributed by atoms with Gasteiger partial charge in [0, 0.05) is 43.4 Å². The molecule has 3 heterocycles. The number of fused-ring (bicyclic) bond motifs is 1. The summed E-state index contributed by atoms with van der Waals surface area (Å²) in [5.41, 5.74) is 4.23. The summed E-state index contributed by atoms with van der Waals surface area (Å²) in [7, 11) is 0. The van der Waals surface area contributed by atoms with Crippen LogP contribution in [0.25, 0.3) is 0 Å². The van der Waals surface area contributed by atoms with Crippen LogP contribution in [0.3, 0.4) is 0 Å². The van der Waals surface area contributed by atoms with E-state index in [9.17, 15) is 4.79 Å². The molecule has 2 N–H and O–H groups in total. The number of piperidine rings is 1. The summed E-state index contributed by atoms with van der Waals surface area (Å²) in [6, 6.07) is 11.0. The van der Waals surface area contributed by atoms with Gasteiger partial charge in [-0.15, -0.1) is 12.4 Å². The van der Waals surface area contributed by atoms with E-state index in [0.29, 0.717) is 11.7 Å². The minimum absolute atomic E-state index is 0. The Morgan fingerprint density at radius 1 is 1.22 bits per heavy atom. The minimum Gasteiger partial charge on any atom is -0.334 e. The monoisotopic (exact) mass is 388 g/mol. The molecule has 1 amide bonds. The molecule has 0 spiro atoms. The third-order valence-electron chi connectivity index (χ3n) is 5.74. The van der Waals surface area contributed by atoms with Crippen molar-refractivity contribution in [3.63, 3.8) is 0 Å². The van der Waals surface area contributed by atoms with E-state index >= 15 is 0 Å². The Balaban J connectivity index is 0.00000210. The minimum atomic E-state index is 0. The van der Waals surface area contributed by atoms with Crippen LogP contribution >= 0.6 is 12.4 Å². The van der Waals surface area contributed by atoms with Gasteiger partial charge in [0.05, 0.1) is 0 Å². The molecule has 6 heteroatoms. The maximum atomic E-state index is 13.2. The number of benzene rings is 1. The predicted molar refractivity (Wildman–Crippen MR) is 109 cm³/mol. The second-order valence-electron chi connectivity index (χ2n) is 7.48. The zero-order valence-corrected chi connectivity index (χ0v) is 16.6. The highest BCUT2D eigenvalue weighted by Gasteiger charge is 2.31. The van der Waals surface area contributed by atoms with E-state index in [0.717, 1.165) is 69.4 Å². The number of carbonyl (C=O) groups is 1. The lowest BCUT2D eigenvalue weighted by Crippen LogP contribution is -2.44. The molecule has 1 saturated heterocycles. The van der Waals surface area contributed by atoms with Crippen LogP contribution in [-0.2, 0) is 19.4 Å². The molecule has 0 saturated carbocycles. The highest BCUT2D eigenvalue weighted by Crippen LogP contribution is 2.25. The van der Waals surface area contributed by atoms with Crippen LogP contribution in [0.15, 0.2) is 30.3 Å². The molecular weight excluding hydrogens is 360 g/mol. The van der Waals surface area contributed by atoms with Crippen molar-refractivity contribution < 1.29 is 4.79 Å². The lowest BCUT2D eigenvalue weighted by atomic mass is 9.95. The molecule has 1 atom stereocenters. The van der Waals surface area contributed by atoms with Crippen LogP contribution in [0.2, 0.25) is 0 Å². The second-order valence-corrected chi connectivity index (χ2v) is 7.48. The quantitative estimate of drug-likeness (QED) is 0.824. The van der Waals surface area contributed by atoms with Gasteiger partial charge >= 0.3 is 0 Å². The van der Waals surface area contributed by atoms with Crippen molar-refractivity contribution in [2.75, 3.05) is 13.1 Å². The topological polar surface area (TPSA) is 61.0 Å². The van der Waals surface area contributed by atoms with E-state index in [2.05, 4.69) is 50.7 Å². The van der Waals surface area contributed by atoms with Crippen molar-refractivity contribution in [1.82, 2.24) is 20.4 Å². The van der Waals surface area contributed by atoms with E-state index in [4.69, 9.17) is 0 Å². The van der Waals surface area contributed by atoms with Crippen molar-refractivity contribution in [3.8, 4) is 0 Å². The number of amides is 1. The van der Waals surface area contributed by atoms with Gasteiger partial charge in [-0.25, -0.2) is 0 Å². The average molecular weight is 389 g/mol. The van der Waals surface area contributed by atoms with E-state index < -0.39 is 0 Å². The van der Waals surface area contributed by atoms with Crippen molar-refractivity contribution in [2.24, 2.45) is 0 Å². The molecule has 1 aromatic heterocycles. The fourth-order valence-electron chi connectivity index (χ4n) is 4.29. The maximum Gasteiger partial charge on any atom is 0.274 e. The van der Waals surface area contributed by atoms with Gasteiger partial charge in [0.15, 0.2) is 5.69 Å². The number of rotatable bonds is 5. The summed E-state index contributed by atoms with van der Waals surface area (Å²) in [5.74, 6) is 0.121. The Hall–Kier alpha value is -1.85. The number of nitrogens with zero attached hydrogens (tertiary/aromatic N) is 2. The van der Waals surface area contributed by atoms with E-state index in [1.165, 1.54) is 12.0 Å². The molecule has 2 aliphatic heterocycles. The standard InChI is InChI=1S/C21H28N4O.ClH/c26-21(20-18-15-22-13-12-19(18)23-24-20)25-14-5-4-10-17(25)11-6-9-16-7-2-1-3-8-16;/h1-3,7-8,17,22H,4-6,9-15H2,(H,23,24);1H. The summed E-state index contributed by atoms with van der Waals surface area (Å²) in [6.07, 6.45) is 7.65. The van der Waals surface area contributed by atoms with Gasteiger partial charge in [0.25, 0.3) is 5.91 Å². The van der Waals surface area contributed by atoms with Crippen LogP contribution in [0.1, 0.15) is 59.4 Å². The van der Waals surface area contributed by atoms with Gasteiger partial charge < -0.3 is 10.2 Å². The first-order valence-electron chi connectivity index (χ1n) is 9.94. The van der Waals surface area contributed by atoms with Crippen LogP contribution in [0.4, 0.5) is 0 Å². The maximum absolute atomic E-state index is 13.2. The Labute approximate surface area is 167 Å².